The summed E-state index contributed by atoms with van der Waals surface area (Å²) in [6.45, 7) is 4.54. The zero-order chi connectivity index (χ0) is 11.4. The van der Waals surface area contributed by atoms with Crippen LogP contribution >= 0.6 is 0 Å². The van der Waals surface area contributed by atoms with Crippen LogP contribution in [-0.4, -0.2) is 51.3 Å². The number of hydrogen-bond acceptors (Lipinski definition) is 5. The maximum Gasteiger partial charge on any atom is 0.0920 e. The van der Waals surface area contributed by atoms with E-state index >= 15 is 0 Å². The van der Waals surface area contributed by atoms with E-state index in [1.165, 1.54) is 0 Å². The highest BCUT2D eigenvalue weighted by molar-refractivity contribution is 4.53. The predicted octanol–water partition coefficient (Wildman–Crippen LogP) is 0.332. The van der Waals surface area contributed by atoms with E-state index < -0.39 is 6.10 Å². The Hall–Kier alpha value is -0.200. The average molecular weight is 221 g/mol. The van der Waals surface area contributed by atoms with Gasteiger partial charge in [-0.05, 0) is 6.42 Å². The molecule has 0 aromatic rings. The second-order valence-corrected chi connectivity index (χ2v) is 3.27. The number of methoxy groups -OCH3 is 1. The molecule has 5 nitrogen and oxygen atoms in total. The first-order valence-electron chi connectivity index (χ1n) is 5.40. The van der Waals surface area contributed by atoms with Gasteiger partial charge in [0.05, 0.1) is 25.9 Å². The van der Waals surface area contributed by atoms with Crippen molar-refractivity contribution in [2.45, 2.75) is 25.9 Å². The van der Waals surface area contributed by atoms with Crippen LogP contribution in [-0.2, 0) is 14.3 Å². The summed E-state index contributed by atoms with van der Waals surface area (Å²) in [6, 6.07) is 0. The van der Waals surface area contributed by atoms with E-state index in [0.29, 0.717) is 33.0 Å². The standard InChI is InChI=1S/C10H23NO4/c1-3-4-5-14-9-10(12)8-11-15-7-6-13-2/h10-12H,3-9H2,1-2H3. The first kappa shape index (κ1) is 14.8. The molecule has 0 aromatic carbocycles. The van der Waals surface area contributed by atoms with E-state index in [-0.39, 0.29) is 0 Å². The lowest BCUT2D eigenvalue weighted by Gasteiger charge is -2.12. The molecule has 0 fully saturated rings. The summed E-state index contributed by atoms with van der Waals surface area (Å²) >= 11 is 0. The lowest BCUT2D eigenvalue weighted by Crippen LogP contribution is -2.31. The molecule has 0 rings (SSSR count). The van der Waals surface area contributed by atoms with Crippen LogP contribution in [0.2, 0.25) is 0 Å². The van der Waals surface area contributed by atoms with Gasteiger partial charge in [0.2, 0.25) is 0 Å². The summed E-state index contributed by atoms with van der Waals surface area (Å²) < 4.78 is 10.0. The summed E-state index contributed by atoms with van der Waals surface area (Å²) in [4.78, 5) is 4.98. The first-order valence-corrected chi connectivity index (χ1v) is 5.40. The zero-order valence-electron chi connectivity index (χ0n) is 9.70. The highest BCUT2D eigenvalue weighted by Crippen LogP contribution is 1.90. The van der Waals surface area contributed by atoms with Crippen LogP contribution in [0.3, 0.4) is 0 Å². The Bertz CT molecular complexity index is 124. The fourth-order valence-corrected chi connectivity index (χ4v) is 0.877. The highest BCUT2D eigenvalue weighted by atomic mass is 16.7. The Balaban J connectivity index is 3.08. The van der Waals surface area contributed by atoms with Crippen LogP contribution in [0.4, 0.5) is 0 Å². The molecule has 5 heteroatoms. The number of unbranched alkanes of at least 4 members (excludes halogenated alkanes) is 1. The SMILES string of the molecule is CCCCOCC(O)CNOCCOC. The molecule has 0 bridgehead atoms. The molecule has 92 valence electrons. The molecule has 0 radical (unpaired) electrons. The molecule has 0 aliphatic rings. The van der Waals surface area contributed by atoms with Gasteiger partial charge in [-0.2, -0.15) is 5.48 Å². The minimum absolute atomic E-state index is 0.348. The minimum atomic E-state index is -0.524. The van der Waals surface area contributed by atoms with Crippen molar-refractivity contribution in [3.8, 4) is 0 Å². The fraction of sp³-hybridized carbons (Fsp3) is 1.00. The second kappa shape index (κ2) is 11.9. The van der Waals surface area contributed by atoms with Crippen LogP contribution in [0.5, 0.6) is 0 Å². The predicted molar refractivity (Wildman–Crippen MR) is 57.6 cm³/mol. The molecule has 0 saturated carbocycles. The van der Waals surface area contributed by atoms with Gasteiger partial charge in [0.15, 0.2) is 0 Å². The van der Waals surface area contributed by atoms with Gasteiger partial charge in [-0.3, -0.25) is 4.84 Å². The Morgan fingerprint density at radius 3 is 2.73 bits per heavy atom. The van der Waals surface area contributed by atoms with Gasteiger partial charge >= 0.3 is 0 Å². The number of rotatable bonds is 11. The summed E-state index contributed by atoms with van der Waals surface area (Å²) in [5.74, 6) is 0. The van der Waals surface area contributed by atoms with Crippen LogP contribution in [0.1, 0.15) is 19.8 Å². The molecule has 0 amide bonds. The van der Waals surface area contributed by atoms with Crippen molar-refractivity contribution in [3.63, 3.8) is 0 Å². The molecule has 0 spiro atoms. The molecular weight excluding hydrogens is 198 g/mol. The van der Waals surface area contributed by atoms with Crippen molar-refractivity contribution in [1.82, 2.24) is 5.48 Å². The van der Waals surface area contributed by atoms with Gasteiger partial charge in [-0.1, -0.05) is 13.3 Å². The van der Waals surface area contributed by atoms with E-state index in [9.17, 15) is 5.11 Å². The molecule has 0 heterocycles. The Kier molecular flexibility index (Phi) is 11.7. The van der Waals surface area contributed by atoms with Crippen LogP contribution in [0, 0.1) is 0 Å². The highest BCUT2D eigenvalue weighted by Gasteiger charge is 2.03. The number of aliphatic hydroxyl groups excluding tert-OH is 1. The van der Waals surface area contributed by atoms with Crippen molar-refractivity contribution >= 4 is 0 Å². The third kappa shape index (κ3) is 11.7. The smallest absolute Gasteiger partial charge is 0.0920 e. The van der Waals surface area contributed by atoms with E-state index in [0.717, 1.165) is 12.8 Å². The molecule has 0 aliphatic heterocycles. The third-order valence-corrected chi connectivity index (χ3v) is 1.76. The maximum absolute atomic E-state index is 9.41. The molecule has 15 heavy (non-hydrogen) atoms. The number of hydrogen-bond donors (Lipinski definition) is 2. The molecule has 1 atom stereocenters. The monoisotopic (exact) mass is 221 g/mol. The van der Waals surface area contributed by atoms with Crippen molar-refractivity contribution in [3.05, 3.63) is 0 Å². The van der Waals surface area contributed by atoms with Gasteiger partial charge in [0.1, 0.15) is 0 Å². The van der Waals surface area contributed by atoms with Crippen LogP contribution < -0.4 is 5.48 Å². The summed E-state index contributed by atoms with van der Waals surface area (Å²) in [6.07, 6.45) is 1.61. The van der Waals surface area contributed by atoms with E-state index in [2.05, 4.69) is 12.4 Å². The number of hydroxylamine groups is 1. The van der Waals surface area contributed by atoms with Gasteiger partial charge in [0, 0.05) is 20.3 Å². The average Bonchev–Trinajstić information content (AvgIpc) is 2.24. The Morgan fingerprint density at radius 2 is 2.07 bits per heavy atom. The number of aliphatic hydroxyl groups is 1. The largest absolute Gasteiger partial charge is 0.389 e. The van der Waals surface area contributed by atoms with Gasteiger partial charge in [0.25, 0.3) is 0 Å². The van der Waals surface area contributed by atoms with Gasteiger partial charge < -0.3 is 14.6 Å². The minimum Gasteiger partial charge on any atom is -0.389 e. The normalized spacial score (nSPS) is 13.0. The van der Waals surface area contributed by atoms with Gasteiger partial charge in [-0.25, -0.2) is 0 Å². The molecule has 0 aliphatic carbocycles. The maximum atomic E-state index is 9.41. The lowest BCUT2D eigenvalue weighted by molar-refractivity contribution is -0.0290. The number of ether oxygens (including phenoxy) is 2. The Morgan fingerprint density at radius 1 is 1.27 bits per heavy atom. The van der Waals surface area contributed by atoms with Crippen LogP contribution in [0.25, 0.3) is 0 Å². The summed E-state index contributed by atoms with van der Waals surface area (Å²) in [5, 5.41) is 9.41. The van der Waals surface area contributed by atoms with Gasteiger partial charge in [-0.15, -0.1) is 0 Å². The quantitative estimate of drug-likeness (QED) is 0.389. The molecule has 1 unspecified atom stereocenters. The molecule has 0 aromatic heterocycles. The molecular formula is C10H23NO4. The van der Waals surface area contributed by atoms with E-state index in [1.807, 2.05) is 0 Å². The molecule has 0 saturated heterocycles. The molecule has 2 N–H and O–H groups in total. The fourth-order valence-electron chi connectivity index (χ4n) is 0.877. The Labute approximate surface area is 91.7 Å². The summed E-state index contributed by atoms with van der Waals surface area (Å²) in [5.41, 5.74) is 2.65. The topological polar surface area (TPSA) is 60.0 Å². The van der Waals surface area contributed by atoms with Crippen molar-refractivity contribution < 1.29 is 19.4 Å². The second-order valence-electron chi connectivity index (χ2n) is 3.27. The van der Waals surface area contributed by atoms with Crippen molar-refractivity contribution in [2.24, 2.45) is 0 Å². The summed E-state index contributed by atoms with van der Waals surface area (Å²) in [7, 11) is 1.61. The van der Waals surface area contributed by atoms with E-state index in [1.54, 1.807) is 7.11 Å². The van der Waals surface area contributed by atoms with Crippen LogP contribution in [0.15, 0.2) is 0 Å². The lowest BCUT2D eigenvalue weighted by atomic mass is 10.3. The first-order chi connectivity index (χ1) is 7.31. The van der Waals surface area contributed by atoms with Crippen molar-refractivity contribution in [2.75, 3.05) is 40.1 Å². The third-order valence-electron chi connectivity index (χ3n) is 1.76. The van der Waals surface area contributed by atoms with E-state index in [4.69, 9.17) is 14.3 Å². The zero-order valence-corrected chi connectivity index (χ0v) is 9.70. The van der Waals surface area contributed by atoms with Crippen molar-refractivity contribution in [1.29, 1.82) is 0 Å². The number of nitrogens with one attached hydrogen (secondary N) is 1.